The molecule has 1 rings (SSSR count). The fourth-order valence-electron chi connectivity index (χ4n) is 0.894. The largest absolute Gasteiger partial charge is 0.428 e. The number of rotatable bonds is 1. The van der Waals surface area contributed by atoms with E-state index in [0.29, 0.717) is 0 Å². The highest BCUT2D eigenvalue weighted by Gasteiger charge is 2.34. The lowest BCUT2D eigenvalue weighted by atomic mass is 10.9. The molecule has 1 aliphatic heterocycles. The van der Waals surface area contributed by atoms with Gasteiger partial charge in [-0.2, -0.15) is 0 Å². The molecule has 0 bridgehead atoms. The predicted octanol–water partition coefficient (Wildman–Crippen LogP) is -2.24. The normalized spacial score (nSPS) is 42.0. The lowest BCUT2D eigenvalue weighted by Gasteiger charge is -2.26. The first-order chi connectivity index (χ1) is 4.27. The van der Waals surface area contributed by atoms with Crippen LogP contribution in [-0.4, -0.2) is 44.4 Å². The first-order valence-corrected chi connectivity index (χ1v) is 12.1. The van der Waals surface area contributed by atoms with Crippen LogP contribution in [0.5, 0.6) is 0 Å². The average molecular weight is 180 g/mol. The summed E-state index contributed by atoms with van der Waals surface area (Å²) in [7, 11) is -0.963. The molecule has 1 fully saturated rings. The standard InChI is InChI=1S/C3H12O3Si3/c1-5-9(4)3-2-6-7-8-9/h4H,2-3,7-8H2,1H3. The average Bonchev–Trinajstić information content (AvgIpc) is 1.90. The van der Waals surface area contributed by atoms with Crippen molar-refractivity contribution in [2.75, 3.05) is 13.7 Å². The first kappa shape index (κ1) is 7.64. The van der Waals surface area contributed by atoms with Gasteiger partial charge in [0.15, 0.2) is 0 Å². The van der Waals surface area contributed by atoms with E-state index < -0.39 is 8.08 Å². The van der Waals surface area contributed by atoms with Crippen molar-refractivity contribution in [3.8, 4) is 0 Å². The van der Waals surface area contributed by atoms with Crippen molar-refractivity contribution in [3.05, 3.63) is 0 Å². The fraction of sp³-hybridized carbons (Fsp3) is 1.00. The minimum atomic E-state index is -2.03. The Balaban J connectivity index is 2.37. The van der Waals surface area contributed by atoms with Gasteiger partial charge in [-0.3, -0.25) is 0 Å². The fourth-order valence-corrected chi connectivity index (χ4v) is 15.2. The van der Waals surface area contributed by atoms with Gasteiger partial charge < -0.3 is 13.6 Å². The van der Waals surface area contributed by atoms with E-state index in [1.165, 1.54) is 0 Å². The molecule has 1 saturated heterocycles. The molecule has 0 aromatic rings. The van der Waals surface area contributed by atoms with E-state index in [-0.39, 0.29) is 17.8 Å². The van der Waals surface area contributed by atoms with Crippen molar-refractivity contribution in [1.29, 1.82) is 0 Å². The highest BCUT2D eigenvalue weighted by atomic mass is 29.6. The van der Waals surface area contributed by atoms with Crippen LogP contribution < -0.4 is 0 Å². The molecule has 1 heterocycles. The van der Waals surface area contributed by atoms with Crippen molar-refractivity contribution in [2.45, 2.75) is 6.04 Å². The molecule has 0 aliphatic carbocycles. The van der Waals surface area contributed by atoms with Gasteiger partial charge in [0.1, 0.15) is 17.8 Å². The van der Waals surface area contributed by atoms with Crippen LogP contribution in [0.2, 0.25) is 6.04 Å². The third-order valence-corrected chi connectivity index (χ3v) is 19.6. The summed E-state index contributed by atoms with van der Waals surface area (Å²) in [5.41, 5.74) is 0. The Morgan fingerprint density at radius 3 is 2.89 bits per heavy atom. The van der Waals surface area contributed by atoms with Crippen molar-refractivity contribution in [2.24, 2.45) is 0 Å². The maximum absolute atomic E-state index is 9.61. The van der Waals surface area contributed by atoms with Gasteiger partial charge in [0.25, 0.3) is 0 Å². The Morgan fingerprint density at radius 1 is 1.78 bits per heavy atom. The van der Waals surface area contributed by atoms with Crippen molar-refractivity contribution in [1.82, 2.24) is 0 Å². The van der Waals surface area contributed by atoms with Gasteiger partial charge in [0.2, 0.25) is 0 Å². The second kappa shape index (κ2) is 3.08. The van der Waals surface area contributed by atoms with Crippen LogP contribution in [0.3, 0.4) is 0 Å². The second-order valence-electron chi connectivity index (χ2n) is 2.26. The smallest absolute Gasteiger partial charge is 0.307 e. The van der Waals surface area contributed by atoms with Gasteiger partial charge in [-0.25, -0.2) is 0 Å². The Morgan fingerprint density at radius 2 is 2.56 bits per heavy atom. The molecular formula is C3H12O3Si3. The number of hydrogen-bond acceptors (Lipinski definition) is 3. The van der Waals surface area contributed by atoms with Crippen molar-refractivity contribution >= 4 is 25.9 Å². The van der Waals surface area contributed by atoms with Crippen molar-refractivity contribution < 1.29 is 13.6 Å². The molecule has 9 heavy (non-hydrogen) atoms. The molecule has 0 spiro atoms. The Bertz CT molecular complexity index is 92.3. The van der Waals surface area contributed by atoms with E-state index in [1.54, 1.807) is 7.11 Å². The third-order valence-electron chi connectivity index (χ3n) is 1.65. The van der Waals surface area contributed by atoms with Crippen LogP contribution in [-0.2, 0) is 8.85 Å². The monoisotopic (exact) mass is 180 g/mol. The molecule has 6 heteroatoms. The zero-order chi connectivity index (χ0) is 6.74. The van der Waals surface area contributed by atoms with Gasteiger partial charge in [0.05, 0.1) is 0 Å². The minimum Gasteiger partial charge on any atom is -0.428 e. The summed E-state index contributed by atoms with van der Waals surface area (Å²) in [5.74, 6) is 0. The molecule has 0 saturated carbocycles. The summed E-state index contributed by atoms with van der Waals surface area (Å²) in [4.78, 5) is 9.61. The Kier molecular flexibility index (Phi) is 2.61. The van der Waals surface area contributed by atoms with Crippen LogP contribution in [0.15, 0.2) is 0 Å². The summed E-state index contributed by atoms with van der Waals surface area (Å²) < 4.78 is 10.4. The molecule has 1 unspecified atom stereocenters. The minimum absolute atomic E-state index is 0.281. The molecule has 0 amide bonds. The van der Waals surface area contributed by atoms with Crippen LogP contribution in [0.25, 0.3) is 0 Å². The maximum Gasteiger partial charge on any atom is 0.307 e. The summed E-state index contributed by atoms with van der Waals surface area (Å²) in [6, 6.07) is 0.822. The summed E-state index contributed by atoms with van der Waals surface area (Å²) in [6.07, 6.45) is 0. The van der Waals surface area contributed by atoms with Crippen molar-refractivity contribution in [3.63, 3.8) is 0 Å². The van der Waals surface area contributed by atoms with Crippen LogP contribution in [0.1, 0.15) is 0 Å². The lowest BCUT2D eigenvalue weighted by Crippen LogP contribution is -2.52. The molecule has 0 radical (unpaired) electrons. The van der Waals surface area contributed by atoms with E-state index in [4.69, 9.17) is 8.85 Å². The van der Waals surface area contributed by atoms with Crippen LogP contribution in [0, 0.1) is 0 Å². The van der Waals surface area contributed by atoms with E-state index in [2.05, 4.69) is 0 Å². The van der Waals surface area contributed by atoms with Crippen LogP contribution in [0.4, 0.5) is 0 Å². The third kappa shape index (κ3) is 1.99. The van der Waals surface area contributed by atoms with E-state index in [0.717, 1.165) is 12.7 Å². The summed E-state index contributed by atoms with van der Waals surface area (Å²) in [6.45, 7) is 0.760. The molecule has 0 aromatic carbocycles. The lowest BCUT2D eigenvalue weighted by molar-refractivity contribution is 0.283. The molecule has 54 valence electrons. The van der Waals surface area contributed by atoms with E-state index in [9.17, 15) is 4.80 Å². The molecule has 1 N–H and O–H groups in total. The first-order valence-electron chi connectivity index (χ1n) is 3.12. The molecule has 0 aromatic heterocycles. The summed E-state index contributed by atoms with van der Waals surface area (Å²) >= 11 is 0. The Labute approximate surface area is 60.0 Å². The maximum atomic E-state index is 9.61. The van der Waals surface area contributed by atoms with Gasteiger partial charge in [0, 0.05) is 19.8 Å². The van der Waals surface area contributed by atoms with E-state index >= 15 is 0 Å². The molecule has 1 atom stereocenters. The molecule has 3 nitrogen and oxygen atoms in total. The second-order valence-corrected chi connectivity index (χ2v) is 16.9. The summed E-state index contributed by atoms with van der Waals surface area (Å²) in [5, 5.41) is 0. The number of hydrogen-bond donors (Lipinski definition) is 1. The molecule has 1 aliphatic rings. The topological polar surface area (TPSA) is 38.7 Å². The quantitative estimate of drug-likeness (QED) is 0.464. The molecular weight excluding hydrogens is 168 g/mol. The van der Waals surface area contributed by atoms with Gasteiger partial charge in [-0.05, 0) is 0 Å². The Hall–Kier alpha value is 0.531. The van der Waals surface area contributed by atoms with Crippen LogP contribution >= 0.6 is 0 Å². The van der Waals surface area contributed by atoms with Gasteiger partial charge in [-0.15, -0.1) is 0 Å². The van der Waals surface area contributed by atoms with E-state index in [1.807, 2.05) is 0 Å². The zero-order valence-electron chi connectivity index (χ0n) is 5.59. The highest BCUT2D eigenvalue weighted by Crippen LogP contribution is 2.07. The highest BCUT2D eigenvalue weighted by molar-refractivity contribution is 7.38. The van der Waals surface area contributed by atoms with Gasteiger partial charge in [-0.1, -0.05) is 0 Å². The SMILES string of the molecule is CO[Si]1(O)CCO[SiH2][SiH2]1. The van der Waals surface area contributed by atoms with Gasteiger partial charge >= 0.3 is 8.08 Å². The zero-order valence-corrected chi connectivity index (χ0v) is 9.42. The predicted molar refractivity (Wildman–Crippen MR) is 42.8 cm³/mol.